The molecule has 0 aliphatic rings. The van der Waals surface area contributed by atoms with Crippen molar-refractivity contribution in [2.45, 2.75) is 78.0 Å². The van der Waals surface area contributed by atoms with Crippen molar-refractivity contribution in [3.05, 3.63) is 0 Å². The van der Waals surface area contributed by atoms with Gasteiger partial charge < -0.3 is 20.5 Å². The average molecular weight is 339 g/mol. The van der Waals surface area contributed by atoms with Gasteiger partial charge in [-0.2, -0.15) is 0 Å². The SMILES string of the molecule is CC(C)(C)OC(=O)NCCCCC(N)C(=O)OC(C)(C)C.Cl. The van der Waals surface area contributed by atoms with E-state index in [4.69, 9.17) is 15.2 Å². The topological polar surface area (TPSA) is 90.6 Å². The van der Waals surface area contributed by atoms with Crippen LogP contribution in [0.5, 0.6) is 0 Å². The summed E-state index contributed by atoms with van der Waals surface area (Å²) in [5.74, 6) is -0.386. The van der Waals surface area contributed by atoms with E-state index in [1.165, 1.54) is 0 Å². The number of amides is 1. The van der Waals surface area contributed by atoms with Gasteiger partial charge in [-0.3, -0.25) is 4.79 Å². The van der Waals surface area contributed by atoms with Crippen molar-refractivity contribution < 1.29 is 19.1 Å². The van der Waals surface area contributed by atoms with Crippen LogP contribution in [0.3, 0.4) is 0 Å². The molecule has 0 aromatic rings. The summed E-state index contributed by atoms with van der Waals surface area (Å²) in [7, 11) is 0. The van der Waals surface area contributed by atoms with Gasteiger partial charge >= 0.3 is 12.1 Å². The van der Waals surface area contributed by atoms with Crippen LogP contribution in [0.1, 0.15) is 60.8 Å². The monoisotopic (exact) mass is 338 g/mol. The van der Waals surface area contributed by atoms with E-state index in [9.17, 15) is 9.59 Å². The fourth-order valence-corrected chi connectivity index (χ4v) is 1.49. The maximum absolute atomic E-state index is 11.7. The molecule has 0 saturated heterocycles. The van der Waals surface area contributed by atoms with Gasteiger partial charge in [-0.25, -0.2) is 4.79 Å². The standard InChI is InChI=1S/C15H30N2O4.ClH/c1-14(2,3)20-12(18)11(16)9-7-8-10-17-13(19)21-15(4,5)6;/h11H,7-10,16H2,1-6H3,(H,17,19);1H. The van der Waals surface area contributed by atoms with Crippen molar-refractivity contribution >= 4 is 24.5 Å². The number of nitrogens with two attached hydrogens (primary N) is 1. The molecule has 1 atom stereocenters. The van der Waals surface area contributed by atoms with E-state index in [1.807, 2.05) is 41.5 Å². The average Bonchev–Trinajstić information content (AvgIpc) is 2.23. The van der Waals surface area contributed by atoms with Crippen molar-refractivity contribution in [3.8, 4) is 0 Å². The molecule has 0 radical (unpaired) electrons. The molecule has 0 aromatic heterocycles. The zero-order valence-electron chi connectivity index (χ0n) is 14.5. The molecular formula is C15H31ClN2O4. The van der Waals surface area contributed by atoms with Crippen molar-refractivity contribution in [2.24, 2.45) is 5.73 Å². The van der Waals surface area contributed by atoms with Crippen molar-refractivity contribution in [3.63, 3.8) is 0 Å². The van der Waals surface area contributed by atoms with E-state index < -0.39 is 23.3 Å². The molecule has 0 rings (SSSR count). The Kier molecular flexibility index (Phi) is 10.5. The Balaban J connectivity index is 0. The number of carbonyl (C=O) groups excluding carboxylic acids is 2. The normalized spacial score (nSPS) is 12.9. The second-order valence-corrected chi connectivity index (χ2v) is 7.06. The summed E-state index contributed by atoms with van der Waals surface area (Å²) in [5, 5.41) is 2.66. The molecule has 3 N–H and O–H groups in total. The van der Waals surface area contributed by atoms with Gasteiger partial charge in [0.2, 0.25) is 0 Å². The summed E-state index contributed by atoms with van der Waals surface area (Å²) in [5.41, 5.74) is 4.75. The van der Waals surface area contributed by atoms with Gasteiger partial charge in [-0.05, 0) is 60.8 Å². The van der Waals surface area contributed by atoms with Crippen LogP contribution in [0.25, 0.3) is 0 Å². The molecular weight excluding hydrogens is 308 g/mol. The smallest absolute Gasteiger partial charge is 0.407 e. The molecule has 0 aromatic carbocycles. The van der Waals surface area contributed by atoms with Gasteiger partial charge in [-0.1, -0.05) is 0 Å². The number of hydrogen-bond donors (Lipinski definition) is 2. The molecule has 0 fully saturated rings. The third-order valence-electron chi connectivity index (χ3n) is 2.32. The minimum Gasteiger partial charge on any atom is -0.459 e. The Hall–Kier alpha value is -1.01. The highest BCUT2D eigenvalue weighted by Gasteiger charge is 2.21. The first-order valence-electron chi connectivity index (χ1n) is 7.36. The molecule has 0 heterocycles. The molecule has 132 valence electrons. The number of carbonyl (C=O) groups is 2. The highest BCUT2D eigenvalue weighted by molar-refractivity contribution is 5.85. The predicted octanol–water partition coefficient (Wildman–Crippen LogP) is 2.77. The number of halogens is 1. The lowest BCUT2D eigenvalue weighted by Crippen LogP contribution is -2.37. The Morgan fingerprint density at radius 3 is 1.95 bits per heavy atom. The lowest BCUT2D eigenvalue weighted by molar-refractivity contribution is -0.156. The first-order valence-corrected chi connectivity index (χ1v) is 7.36. The zero-order chi connectivity index (χ0) is 16.7. The number of unbranched alkanes of at least 4 members (excludes halogenated alkanes) is 1. The highest BCUT2D eigenvalue weighted by Crippen LogP contribution is 2.10. The number of esters is 1. The van der Waals surface area contributed by atoms with Crippen molar-refractivity contribution in [1.29, 1.82) is 0 Å². The summed E-state index contributed by atoms with van der Waals surface area (Å²) in [6, 6.07) is -0.620. The first-order chi connectivity index (χ1) is 9.41. The van der Waals surface area contributed by atoms with Crippen LogP contribution in [0.4, 0.5) is 4.79 Å². The van der Waals surface area contributed by atoms with E-state index in [1.54, 1.807) is 0 Å². The van der Waals surface area contributed by atoms with E-state index in [-0.39, 0.29) is 18.4 Å². The minimum atomic E-state index is -0.620. The van der Waals surface area contributed by atoms with Crippen LogP contribution in [-0.2, 0) is 14.3 Å². The molecule has 0 bridgehead atoms. The number of alkyl carbamates (subject to hydrolysis) is 1. The lowest BCUT2D eigenvalue weighted by Gasteiger charge is -2.22. The zero-order valence-corrected chi connectivity index (χ0v) is 15.3. The van der Waals surface area contributed by atoms with E-state index >= 15 is 0 Å². The molecule has 0 aliphatic heterocycles. The van der Waals surface area contributed by atoms with Crippen molar-refractivity contribution in [2.75, 3.05) is 6.54 Å². The quantitative estimate of drug-likeness (QED) is 0.574. The fourth-order valence-electron chi connectivity index (χ4n) is 1.49. The van der Waals surface area contributed by atoms with Crippen molar-refractivity contribution in [1.82, 2.24) is 5.32 Å². The summed E-state index contributed by atoms with van der Waals surface area (Å²) in [6.07, 6.45) is 1.57. The third-order valence-corrected chi connectivity index (χ3v) is 2.32. The van der Waals surface area contributed by atoms with Gasteiger partial charge in [-0.15, -0.1) is 12.4 Å². The maximum atomic E-state index is 11.7. The van der Waals surface area contributed by atoms with Crippen LogP contribution in [-0.4, -0.2) is 35.9 Å². The first kappa shape index (κ1) is 23.3. The molecule has 7 heteroatoms. The summed E-state index contributed by atoms with van der Waals surface area (Å²) in [4.78, 5) is 23.0. The van der Waals surface area contributed by atoms with Gasteiger partial charge in [0.1, 0.15) is 17.2 Å². The molecule has 0 spiro atoms. The molecule has 1 amide bonds. The summed E-state index contributed by atoms with van der Waals surface area (Å²) >= 11 is 0. The molecule has 0 aliphatic carbocycles. The van der Waals surface area contributed by atoms with Crippen LogP contribution in [0, 0.1) is 0 Å². The second-order valence-electron chi connectivity index (χ2n) is 7.06. The predicted molar refractivity (Wildman–Crippen MR) is 89.2 cm³/mol. The molecule has 0 saturated carbocycles. The minimum absolute atomic E-state index is 0. The van der Waals surface area contributed by atoms with Crippen LogP contribution in [0.15, 0.2) is 0 Å². The number of hydrogen-bond acceptors (Lipinski definition) is 5. The largest absolute Gasteiger partial charge is 0.459 e. The molecule has 22 heavy (non-hydrogen) atoms. The Morgan fingerprint density at radius 1 is 1.00 bits per heavy atom. The lowest BCUT2D eigenvalue weighted by atomic mass is 10.1. The van der Waals surface area contributed by atoms with E-state index in [2.05, 4.69) is 5.32 Å². The summed E-state index contributed by atoms with van der Waals surface area (Å²) < 4.78 is 10.3. The number of rotatable bonds is 6. The maximum Gasteiger partial charge on any atom is 0.407 e. The van der Waals surface area contributed by atoms with Gasteiger partial charge in [0.25, 0.3) is 0 Å². The van der Waals surface area contributed by atoms with E-state index in [0.717, 1.165) is 12.8 Å². The number of ether oxygens (including phenoxy) is 2. The second kappa shape index (κ2) is 9.90. The van der Waals surface area contributed by atoms with E-state index in [0.29, 0.717) is 13.0 Å². The highest BCUT2D eigenvalue weighted by atomic mass is 35.5. The third kappa shape index (κ3) is 13.9. The number of nitrogens with one attached hydrogen (secondary N) is 1. The molecule has 6 nitrogen and oxygen atoms in total. The Morgan fingerprint density at radius 2 is 1.50 bits per heavy atom. The van der Waals surface area contributed by atoms with Crippen LogP contribution >= 0.6 is 12.4 Å². The van der Waals surface area contributed by atoms with Gasteiger partial charge in [0.15, 0.2) is 0 Å². The molecule has 1 unspecified atom stereocenters. The van der Waals surface area contributed by atoms with Crippen LogP contribution in [0.2, 0.25) is 0 Å². The van der Waals surface area contributed by atoms with Gasteiger partial charge in [0, 0.05) is 6.54 Å². The Labute approximate surface area is 139 Å². The Bertz CT molecular complexity index is 348. The van der Waals surface area contributed by atoms with Crippen LogP contribution < -0.4 is 11.1 Å². The fraction of sp³-hybridized carbons (Fsp3) is 0.867. The summed E-state index contributed by atoms with van der Waals surface area (Å²) in [6.45, 7) is 11.4. The van der Waals surface area contributed by atoms with Gasteiger partial charge in [0.05, 0.1) is 0 Å².